The maximum atomic E-state index is 13.2. The fourth-order valence-electron chi connectivity index (χ4n) is 4.56. The summed E-state index contributed by atoms with van der Waals surface area (Å²) < 4.78 is 11.7. The van der Waals surface area contributed by atoms with Crippen molar-refractivity contribution in [1.82, 2.24) is 9.55 Å². The van der Waals surface area contributed by atoms with Gasteiger partial charge in [0.05, 0.1) is 29.0 Å². The van der Waals surface area contributed by atoms with Crippen molar-refractivity contribution >= 4 is 33.9 Å². The zero-order chi connectivity index (χ0) is 22.8. The van der Waals surface area contributed by atoms with Gasteiger partial charge in [-0.2, -0.15) is 0 Å². The number of nitrogens with zero attached hydrogens (tertiary/aromatic N) is 2. The quantitative estimate of drug-likeness (QED) is 0.373. The minimum Gasteiger partial charge on any atom is -0.458 e. The number of fused-ring (bicyclic) bond motifs is 5. The smallest absolute Gasteiger partial charge is 0.409 e. The first-order valence-corrected chi connectivity index (χ1v) is 10.7. The van der Waals surface area contributed by atoms with Gasteiger partial charge in [0.25, 0.3) is 5.56 Å². The summed E-state index contributed by atoms with van der Waals surface area (Å²) in [6.07, 6.45) is 0.718. The molecule has 2 aromatic heterocycles. The topological polar surface area (TPSA) is 108 Å². The molecule has 9 heteroatoms. The number of halogens is 1. The molecule has 1 aromatic carbocycles. The Morgan fingerprint density at radius 1 is 1.28 bits per heavy atom. The molecule has 5 rings (SSSR count). The first kappa shape index (κ1) is 20.7. The van der Waals surface area contributed by atoms with Gasteiger partial charge in [-0.3, -0.25) is 4.79 Å². The molecular formula is C23H19ClN2O6. The van der Waals surface area contributed by atoms with E-state index in [1.165, 1.54) is 0 Å². The van der Waals surface area contributed by atoms with Crippen LogP contribution in [0.5, 0.6) is 5.75 Å². The monoisotopic (exact) mass is 454 g/mol. The number of carbonyl (C=O) groups is 2. The molecule has 0 radical (unpaired) electrons. The molecule has 0 saturated carbocycles. The Bertz CT molecular complexity index is 1400. The zero-order valence-corrected chi connectivity index (χ0v) is 18.2. The van der Waals surface area contributed by atoms with E-state index >= 15 is 0 Å². The van der Waals surface area contributed by atoms with Crippen LogP contribution in [-0.4, -0.2) is 26.1 Å². The van der Waals surface area contributed by atoms with Crippen molar-refractivity contribution in [3.8, 4) is 17.1 Å². The van der Waals surface area contributed by atoms with Crippen molar-refractivity contribution in [2.24, 2.45) is 0 Å². The minimum atomic E-state index is -1.86. The van der Waals surface area contributed by atoms with Gasteiger partial charge in [0.1, 0.15) is 12.4 Å². The number of esters is 1. The Labute approximate surface area is 187 Å². The Morgan fingerprint density at radius 3 is 2.75 bits per heavy atom. The van der Waals surface area contributed by atoms with E-state index in [4.69, 9.17) is 26.1 Å². The van der Waals surface area contributed by atoms with Gasteiger partial charge >= 0.3 is 11.4 Å². The van der Waals surface area contributed by atoms with E-state index in [1.54, 1.807) is 29.7 Å². The summed E-state index contributed by atoms with van der Waals surface area (Å²) in [5, 5.41) is 11.7. The molecule has 3 aromatic rings. The molecule has 0 bridgehead atoms. The van der Waals surface area contributed by atoms with Gasteiger partial charge in [0.2, 0.25) is 0 Å². The molecule has 0 aliphatic carbocycles. The number of hydrogen-bond donors (Lipinski definition) is 1. The predicted molar refractivity (Wildman–Crippen MR) is 116 cm³/mol. The predicted octanol–water partition coefficient (Wildman–Crippen LogP) is 3.38. The normalized spacial score (nSPS) is 18.7. The number of aromatic nitrogens is 2. The molecule has 0 saturated heterocycles. The van der Waals surface area contributed by atoms with Crippen LogP contribution < -0.4 is 10.3 Å². The number of rotatable bonds is 3. The van der Waals surface area contributed by atoms with Gasteiger partial charge in [-0.05, 0) is 42.7 Å². The summed E-state index contributed by atoms with van der Waals surface area (Å²) in [5.74, 6) is -0.431. The van der Waals surface area contributed by atoms with Gasteiger partial charge in [-0.15, -0.1) is 0 Å². The van der Waals surface area contributed by atoms with Crippen LogP contribution in [-0.2, 0) is 34.7 Å². The molecular weight excluding hydrogens is 436 g/mol. The van der Waals surface area contributed by atoms with Gasteiger partial charge in [0, 0.05) is 28.1 Å². The molecule has 32 heavy (non-hydrogen) atoms. The van der Waals surface area contributed by atoms with Crippen LogP contribution in [0, 0.1) is 0 Å². The van der Waals surface area contributed by atoms with Crippen LogP contribution in [0.1, 0.15) is 42.5 Å². The second kappa shape index (κ2) is 7.15. The van der Waals surface area contributed by atoms with E-state index in [0.717, 1.165) is 16.5 Å². The fourth-order valence-corrected chi connectivity index (χ4v) is 4.65. The number of aliphatic hydroxyl groups is 1. The van der Waals surface area contributed by atoms with E-state index in [2.05, 4.69) is 0 Å². The molecule has 0 amide bonds. The Hall–Kier alpha value is -3.23. The highest BCUT2D eigenvalue weighted by atomic mass is 35.5. The lowest BCUT2D eigenvalue weighted by Gasteiger charge is -2.31. The third kappa shape index (κ3) is 2.87. The molecule has 2 aliphatic rings. The number of hydrogen-bond acceptors (Lipinski definition) is 7. The lowest BCUT2D eigenvalue weighted by molar-refractivity contribution is -0.172. The van der Waals surface area contributed by atoms with E-state index in [9.17, 15) is 19.5 Å². The first-order valence-electron chi connectivity index (χ1n) is 10.3. The van der Waals surface area contributed by atoms with E-state index in [0.29, 0.717) is 35.6 Å². The Kier molecular flexibility index (Phi) is 4.61. The van der Waals surface area contributed by atoms with Crippen LogP contribution in [0.15, 0.2) is 29.1 Å². The number of pyridine rings is 2. The summed E-state index contributed by atoms with van der Waals surface area (Å²) in [6.45, 7) is 3.74. The van der Waals surface area contributed by atoms with Crippen molar-refractivity contribution in [2.75, 3.05) is 0 Å². The molecule has 1 N–H and O–H groups in total. The average Bonchev–Trinajstić information content (AvgIpc) is 3.12. The molecule has 0 fully saturated rings. The number of aryl methyl sites for hydroxylation is 1. The summed E-state index contributed by atoms with van der Waals surface area (Å²) >= 11 is 5.37. The zero-order valence-electron chi connectivity index (χ0n) is 17.4. The van der Waals surface area contributed by atoms with Gasteiger partial charge < -0.3 is 19.1 Å². The maximum absolute atomic E-state index is 13.2. The molecule has 1 atom stereocenters. The number of benzene rings is 1. The van der Waals surface area contributed by atoms with Crippen molar-refractivity contribution in [1.29, 1.82) is 0 Å². The van der Waals surface area contributed by atoms with E-state index < -0.39 is 17.0 Å². The minimum absolute atomic E-state index is 0.0851. The fraction of sp³-hybridized carbons (Fsp3) is 0.304. The van der Waals surface area contributed by atoms with Crippen LogP contribution in [0.25, 0.3) is 22.3 Å². The number of ether oxygens (including phenoxy) is 2. The molecule has 2 aliphatic heterocycles. The summed E-state index contributed by atoms with van der Waals surface area (Å²) in [6, 6.07) is 6.98. The molecule has 0 spiro atoms. The third-order valence-corrected chi connectivity index (χ3v) is 6.32. The standard InChI is InChI=1S/C23H19ClN2O6/c1-3-11-6-14(32-22(24)29)7-12-5-13-9-26-17(19(13)25-18(11)12)8-16-15(20(26)27)10-31-21(28)23(16,30)4-2/h5-8,30H,3-4,9-10H2,1-2H3/t23-/m0/s1. The lowest BCUT2D eigenvalue weighted by atomic mass is 9.86. The van der Waals surface area contributed by atoms with Gasteiger partial charge in [-0.1, -0.05) is 13.8 Å². The molecule has 0 unspecified atom stereocenters. The Morgan fingerprint density at radius 2 is 2.06 bits per heavy atom. The highest BCUT2D eigenvalue weighted by molar-refractivity contribution is 6.61. The Balaban J connectivity index is 1.74. The van der Waals surface area contributed by atoms with E-state index in [1.807, 2.05) is 13.0 Å². The molecule has 8 nitrogen and oxygen atoms in total. The summed E-state index contributed by atoms with van der Waals surface area (Å²) in [4.78, 5) is 41.6. The largest absolute Gasteiger partial charge is 0.458 e. The summed E-state index contributed by atoms with van der Waals surface area (Å²) in [7, 11) is 0. The average molecular weight is 455 g/mol. The van der Waals surface area contributed by atoms with E-state index in [-0.39, 0.29) is 29.7 Å². The van der Waals surface area contributed by atoms with Crippen LogP contribution in [0.4, 0.5) is 4.79 Å². The summed E-state index contributed by atoms with van der Waals surface area (Å²) in [5.41, 5.74) is 0.990. The lowest BCUT2D eigenvalue weighted by Crippen LogP contribution is -2.44. The van der Waals surface area contributed by atoms with Crippen molar-refractivity contribution < 1.29 is 24.2 Å². The maximum Gasteiger partial charge on any atom is 0.409 e. The second-order valence-electron chi connectivity index (χ2n) is 7.95. The van der Waals surface area contributed by atoms with Crippen LogP contribution in [0.3, 0.4) is 0 Å². The van der Waals surface area contributed by atoms with Crippen LogP contribution >= 0.6 is 11.6 Å². The molecule has 4 heterocycles. The highest BCUT2D eigenvalue weighted by Crippen LogP contribution is 2.39. The second-order valence-corrected chi connectivity index (χ2v) is 8.26. The van der Waals surface area contributed by atoms with Gasteiger partial charge in [0.15, 0.2) is 5.60 Å². The SMILES string of the molecule is CCc1cc(OC(=O)Cl)cc2cc3c(nc12)-c1cc2c(c(=O)n1C3)COC(=O)[C@]2(O)CC. The molecule has 164 valence electrons. The first-order chi connectivity index (χ1) is 15.3. The van der Waals surface area contributed by atoms with Crippen molar-refractivity contribution in [3.63, 3.8) is 0 Å². The van der Waals surface area contributed by atoms with Crippen LogP contribution in [0.2, 0.25) is 0 Å². The third-order valence-electron chi connectivity index (χ3n) is 6.24. The highest BCUT2D eigenvalue weighted by Gasteiger charge is 2.45. The van der Waals surface area contributed by atoms with Gasteiger partial charge in [-0.25, -0.2) is 14.6 Å². The van der Waals surface area contributed by atoms with Crippen molar-refractivity contribution in [2.45, 2.75) is 45.4 Å². The number of carbonyl (C=O) groups excluding carboxylic acids is 2. The number of cyclic esters (lactones) is 1. The van der Waals surface area contributed by atoms with Crippen molar-refractivity contribution in [3.05, 3.63) is 56.9 Å².